The zero-order valence-electron chi connectivity index (χ0n) is 14.6. The van der Waals surface area contributed by atoms with Crippen LogP contribution in [0.2, 0.25) is 0 Å². The molecule has 1 aliphatic rings. The van der Waals surface area contributed by atoms with Gasteiger partial charge >= 0.3 is 0 Å². The normalized spacial score (nSPS) is 15.2. The van der Waals surface area contributed by atoms with Crippen molar-refractivity contribution in [3.8, 4) is 11.3 Å². The van der Waals surface area contributed by atoms with Crippen molar-refractivity contribution in [1.82, 2.24) is 19.9 Å². The molecule has 1 aliphatic heterocycles. The van der Waals surface area contributed by atoms with Gasteiger partial charge in [-0.1, -0.05) is 18.2 Å². The molecule has 0 aliphatic carbocycles. The average Bonchev–Trinajstić information content (AvgIpc) is 2.69. The highest BCUT2D eigenvalue weighted by atomic mass is 15.3. The number of aromatic nitrogens is 3. The molecular weight excluding hydrogens is 324 g/mol. The van der Waals surface area contributed by atoms with E-state index >= 15 is 0 Å². The van der Waals surface area contributed by atoms with E-state index in [4.69, 9.17) is 10.7 Å². The van der Waals surface area contributed by atoms with Crippen molar-refractivity contribution >= 4 is 11.5 Å². The molecule has 6 nitrogen and oxygen atoms in total. The third-order valence-electron chi connectivity index (χ3n) is 4.61. The number of nitrogen functional groups attached to an aromatic ring is 1. The number of nitrogens with two attached hydrogens (primary N) is 1. The summed E-state index contributed by atoms with van der Waals surface area (Å²) in [5.74, 6) is 0.919. The summed E-state index contributed by atoms with van der Waals surface area (Å²) in [7, 11) is 0. The molecule has 26 heavy (non-hydrogen) atoms. The van der Waals surface area contributed by atoms with Crippen LogP contribution in [0.5, 0.6) is 0 Å². The van der Waals surface area contributed by atoms with Crippen molar-refractivity contribution < 1.29 is 0 Å². The van der Waals surface area contributed by atoms with Crippen molar-refractivity contribution in [1.29, 1.82) is 0 Å². The fourth-order valence-corrected chi connectivity index (χ4v) is 3.20. The molecule has 1 fully saturated rings. The van der Waals surface area contributed by atoms with Crippen LogP contribution in [0, 0.1) is 0 Å². The zero-order valence-corrected chi connectivity index (χ0v) is 14.6. The van der Waals surface area contributed by atoms with Crippen LogP contribution in [-0.4, -0.2) is 46.0 Å². The lowest BCUT2D eigenvalue weighted by atomic mass is 10.1. The lowest BCUT2D eigenvalue weighted by Crippen LogP contribution is -2.46. The molecule has 0 bridgehead atoms. The van der Waals surface area contributed by atoms with E-state index in [2.05, 4.69) is 25.8 Å². The molecule has 0 unspecified atom stereocenters. The largest absolute Gasteiger partial charge is 0.399 e. The van der Waals surface area contributed by atoms with Gasteiger partial charge in [-0.05, 0) is 24.3 Å². The van der Waals surface area contributed by atoms with Crippen LogP contribution < -0.4 is 10.6 Å². The van der Waals surface area contributed by atoms with Gasteiger partial charge in [0.25, 0.3) is 0 Å². The molecule has 6 heteroatoms. The Bertz CT molecular complexity index is 859. The molecule has 1 saturated heterocycles. The maximum atomic E-state index is 5.89. The van der Waals surface area contributed by atoms with E-state index < -0.39 is 0 Å². The van der Waals surface area contributed by atoms with Crippen LogP contribution in [0.15, 0.2) is 61.1 Å². The molecule has 3 heterocycles. The number of pyridine rings is 1. The lowest BCUT2D eigenvalue weighted by Gasteiger charge is -2.35. The van der Waals surface area contributed by atoms with E-state index in [1.807, 2.05) is 48.8 Å². The third-order valence-corrected chi connectivity index (χ3v) is 4.61. The Morgan fingerprint density at radius 2 is 1.85 bits per heavy atom. The SMILES string of the molecule is Nc1cccc(-c2cncc(N3CCN(Cc4ccccn4)CC3)n2)c1. The van der Waals surface area contributed by atoms with Gasteiger partial charge in [-0.3, -0.25) is 14.9 Å². The van der Waals surface area contributed by atoms with Gasteiger partial charge < -0.3 is 10.6 Å². The van der Waals surface area contributed by atoms with Gasteiger partial charge in [0.15, 0.2) is 0 Å². The first kappa shape index (κ1) is 16.5. The van der Waals surface area contributed by atoms with Gasteiger partial charge in [-0.2, -0.15) is 0 Å². The van der Waals surface area contributed by atoms with E-state index in [1.54, 1.807) is 6.20 Å². The lowest BCUT2D eigenvalue weighted by molar-refractivity contribution is 0.246. The molecule has 2 aromatic heterocycles. The van der Waals surface area contributed by atoms with E-state index in [1.165, 1.54) is 0 Å². The van der Waals surface area contributed by atoms with Crippen LogP contribution in [0.4, 0.5) is 11.5 Å². The molecule has 0 saturated carbocycles. The first-order chi connectivity index (χ1) is 12.8. The number of anilines is 2. The van der Waals surface area contributed by atoms with Gasteiger partial charge in [-0.15, -0.1) is 0 Å². The number of hydrogen-bond acceptors (Lipinski definition) is 6. The summed E-state index contributed by atoms with van der Waals surface area (Å²) in [6.45, 7) is 4.73. The molecular formula is C20H22N6. The first-order valence-electron chi connectivity index (χ1n) is 8.83. The smallest absolute Gasteiger partial charge is 0.147 e. The van der Waals surface area contributed by atoms with Crippen molar-refractivity contribution in [2.24, 2.45) is 0 Å². The van der Waals surface area contributed by atoms with Crippen LogP contribution in [-0.2, 0) is 6.54 Å². The second-order valence-corrected chi connectivity index (χ2v) is 6.47. The van der Waals surface area contributed by atoms with Crippen molar-refractivity contribution in [3.05, 3.63) is 66.7 Å². The van der Waals surface area contributed by atoms with Crippen LogP contribution in [0.3, 0.4) is 0 Å². The van der Waals surface area contributed by atoms with E-state index in [0.29, 0.717) is 0 Å². The minimum atomic E-state index is 0.734. The number of nitrogens with zero attached hydrogens (tertiary/aromatic N) is 5. The topological polar surface area (TPSA) is 71.2 Å². The Labute approximate surface area is 153 Å². The molecule has 3 aromatic rings. The highest BCUT2D eigenvalue weighted by molar-refractivity contribution is 5.64. The quantitative estimate of drug-likeness (QED) is 0.732. The summed E-state index contributed by atoms with van der Waals surface area (Å²) in [5, 5.41) is 0. The Balaban J connectivity index is 1.42. The Morgan fingerprint density at radius 3 is 2.62 bits per heavy atom. The summed E-state index contributed by atoms with van der Waals surface area (Å²) in [5.41, 5.74) is 9.58. The molecule has 0 radical (unpaired) electrons. The summed E-state index contributed by atoms with van der Waals surface area (Å²) >= 11 is 0. The van der Waals surface area contributed by atoms with Gasteiger partial charge in [0.05, 0.1) is 23.8 Å². The molecule has 0 amide bonds. The van der Waals surface area contributed by atoms with Gasteiger partial charge in [0.1, 0.15) is 5.82 Å². The fraction of sp³-hybridized carbons (Fsp3) is 0.250. The number of benzene rings is 1. The molecule has 4 rings (SSSR count). The number of hydrogen-bond donors (Lipinski definition) is 1. The van der Waals surface area contributed by atoms with E-state index in [0.717, 1.165) is 61.2 Å². The Morgan fingerprint density at radius 1 is 0.962 bits per heavy atom. The van der Waals surface area contributed by atoms with Crippen molar-refractivity contribution in [3.63, 3.8) is 0 Å². The molecule has 0 atom stereocenters. The Kier molecular flexibility index (Phi) is 4.75. The summed E-state index contributed by atoms with van der Waals surface area (Å²) in [6, 6.07) is 13.8. The van der Waals surface area contributed by atoms with Crippen LogP contribution in [0.25, 0.3) is 11.3 Å². The molecule has 0 spiro atoms. The van der Waals surface area contributed by atoms with Crippen molar-refractivity contribution in [2.45, 2.75) is 6.54 Å². The highest BCUT2D eigenvalue weighted by Crippen LogP contribution is 2.22. The minimum absolute atomic E-state index is 0.734. The third kappa shape index (κ3) is 3.81. The van der Waals surface area contributed by atoms with E-state index in [-0.39, 0.29) is 0 Å². The van der Waals surface area contributed by atoms with Crippen LogP contribution >= 0.6 is 0 Å². The molecule has 2 N–H and O–H groups in total. The predicted molar refractivity (Wildman–Crippen MR) is 104 cm³/mol. The first-order valence-corrected chi connectivity index (χ1v) is 8.83. The minimum Gasteiger partial charge on any atom is -0.399 e. The number of piperazine rings is 1. The maximum absolute atomic E-state index is 5.89. The summed E-state index contributed by atoms with van der Waals surface area (Å²) in [6.07, 6.45) is 5.48. The van der Waals surface area contributed by atoms with Gasteiger partial charge in [0, 0.05) is 50.2 Å². The second-order valence-electron chi connectivity index (χ2n) is 6.47. The second kappa shape index (κ2) is 7.49. The molecule has 132 valence electrons. The Hall–Kier alpha value is -2.99. The van der Waals surface area contributed by atoms with Crippen LogP contribution in [0.1, 0.15) is 5.69 Å². The highest BCUT2D eigenvalue weighted by Gasteiger charge is 2.19. The van der Waals surface area contributed by atoms with Crippen molar-refractivity contribution in [2.75, 3.05) is 36.8 Å². The van der Waals surface area contributed by atoms with Gasteiger partial charge in [-0.25, -0.2) is 4.98 Å². The molecule has 1 aromatic carbocycles. The fourth-order valence-electron chi connectivity index (χ4n) is 3.20. The predicted octanol–water partition coefficient (Wildman–Crippen LogP) is 2.44. The zero-order chi connectivity index (χ0) is 17.8. The monoisotopic (exact) mass is 346 g/mol. The van der Waals surface area contributed by atoms with E-state index in [9.17, 15) is 0 Å². The maximum Gasteiger partial charge on any atom is 0.147 e. The summed E-state index contributed by atoms with van der Waals surface area (Å²) in [4.78, 5) is 18.3. The van der Waals surface area contributed by atoms with Gasteiger partial charge in [0.2, 0.25) is 0 Å². The standard InChI is InChI=1S/C20H22N6/c21-17-5-3-4-16(12-17)19-13-22-14-20(24-19)26-10-8-25(9-11-26)15-18-6-1-2-7-23-18/h1-7,12-14H,8-11,15,21H2. The number of rotatable bonds is 4. The average molecular weight is 346 g/mol. The summed E-state index contributed by atoms with van der Waals surface area (Å²) < 4.78 is 0.